The van der Waals surface area contributed by atoms with Gasteiger partial charge in [0.15, 0.2) is 0 Å². The zero-order valence-corrected chi connectivity index (χ0v) is 16.6. The lowest BCUT2D eigenvalue weighted by atomic mass is 9.98. The Kier molecular flexibility index (Phi) is 6.68. The van der Waals surface area contributed by atoms with E-state index in [1.54, 1.807) is 0 Å². The van der Waals surface area contributed by atoms with Crippen LogP contribution in [-0.2, 0) is 14.3 Å². The van der Waals surface area contributed by atoms with Gasteiger partial charge in [-0.3, -0.25) is 9.59 Å². The molecule has 2 aromatic rings. The monoisotopic (exact) mass is 412 g/mol. The van der Waals surface area contributed by atoms with Crippen LogP contribution in [0.25, 0.3) is 11.1 Å². The van der Waals surface area contributed by atoms with Crippen molar-refractivity contribution < 1.29 is 29.3 Å². The number of aliphatic carboxylic acids is 1. The van der Waals surface area contributed by atoms with Crippen LogP contribution >= 0.6 is 0 Å². The smallest absolute Gasteiger partial charge is 0.407 e. The Morgan fingerprint density at radius 2 is 1.63 bits per heavy atom. The molecular formula is C22H24N2O6. The molecule has 0 spiro atoms. The van der Waals surface area contributed by atoms with Gasteiger partial charge in [-0.15, -0.1) is 0 Å². The summed E-state index contributed by atoms with van der Waals surface area (Å²) in [5.41, 5.74) is 4.37. The summed E-state index contributed by atoms with van der Waals surface area (Å²) in [6.07, 6.45) is -0.767. The maximum absolute atomic E-state index is 12.4. The molecule has 1 aliphatic rings. The Hall–Kier alpha value is -3.39. The molecule has 8 nitrogen and oxygen atoms in total. The summed E-state index contributed by atoms with van der Waals surface area (Å²) in [6.45, 7) is 0.473. The fraction of sp³-hybridized carbons (Fsp3) is 0.318. The Morgan fingerprint density at radius 3 is 2.17 bits per heavy atom. The number of carbonyl (C=O) groups excluding carboxylic acids is 2. The van der Waals surface area contributed by atoms with Gasteiger partial charge in [0.1, 0.15) is 19.2 Å². The summed E-state index contributed by atoms with van der Waals surface area (Å²) >= 11 is 0. The highest BCUT2D eigenvalue weighted by molar-refractivity contribution is 5.87. The largest absolute Gasteiger partial charge is 0.480 e. The zero-order valence-electron chi connectivity index (χ0n) is 16.6. The van der Waals surface area contributed by atoms with E-state index in [1.165, 1.54) is 6.92 Å². The number of carboxylic acid groups (broad SMARTS) is 1. The maximum Gasteiger partial charge on any atom is 0.407 e. The second kappa shape index (κ2) is 9.41. The van der Waals surface area contributed by atoms with E-state index in [-0.39, 0.29) is 25.7 Å². The number of amides is 2. The molecule has 0 heterocycles. The van der Waals surface area contributed by atoms with Gasteiger partial charge in [0.2, 0.25) is 5.91 Å². The summed E-state index contributed by atoms with van der Waals surface area (Å²) in [5.74, 6) is -1.92. The van der Waals surface area contributed by atoms with Crippen LogP contribution in [0.3, 0.4) is 0 Å². The van der Waals surface area contributed by atoms with Crippen LogP contribution in [0.5, 0.6) is 0 Å². The Balaban J connectivity index is 1.62. The summed E-state index contributed by atoms with van der Waals surface area (Å²) in [4.78, 5) is 36.5. The minimum absolute atomic E-state index is 0.105. The van der Waals surface area contributed by atoms with E-state index < -0.39 is 30.6 Å². The standard InChI is InChI=1S/C22H24N2O6/c1-14(21(28)24(10-11-25)12-20(26)27)23-22(29)30-13-19-17-8-4-2-6-15(17)16-7-3-5-9-18(16)19/h2-9,14,19,25H,10-13H2,1H3,(H,23,29)(H,26,27). The number of aliphatic hydroxyl groups excluding tert-OH is 1. The lowest BCUT2D eigenvalue weighted by Gasteiger charge is -2.24. The van der Waals surface area contributed by atoms with Crippen LogP contribution < -0.4 is 5.32 Å². The number of nitrogens with one attached hydrogen (secondary N) is 1. The van der Waals surface area contributed by atoms with Gasteiger partial charge in [0.05, 0.1) is 6.61 Å². The van der Waals surface area contributed by atoms with E-state index in [2.05, 4.69) is 5.32 Å². The first-order valence-corrected chi connectivity index (χ1v) is 9.65. The Morgan fingerprint density at radius 1 is 1.07 bits per heavy atom. The maximum atomic E-state index is 12.4. The van der Waals surface area contributed by atoms with E-state index in [0.29, 0.717) is 0 Å². The van der Waals surface area contributed by atoms with Crippen LogP contribution in [0, 0.1) is 0 Å². The van der Waals surface area contributed by atoms with Crippen molar-refractivity contribution in [3.8, 4) is 11.1 Å². The van der Waals surface area contributed by atoms with Crippen molar-refractivity contribution in [3.63, 3.8) is 0 Å². The number of ether oxygens (including phenoxy) is 1. The Labute approximate surface area is 174 Å². The van der Waals surface area contributed by atoms with Crippen molar-refractivity contribution >= 4 is 18.0 Å². The molecule has 2 aromatic carbocycles. The van der Waals surface area contributed by atoms with Crippen LogP contribution in [0.4, 0.5) is 4.79 Å². The molecule has 0 aliphatic heterocycles. The van der Waals surface area contributed by atoms with E-state index in [9.17, 15) is 14.4 Å². The van der Waals surface area contributed by atoms with Crippen molar-refractivity contribution in [3.05, 3.63) is 59.7 Å². The molecule has 2 amide bonds. The molecule has 3 rings (SSSR count). The lowest BCUT2D eigenvalue weighted by Crippen LogP contribution is -2.49. The number of hydrogen-bond acceptors (Lipinski definition) is 5. The average molecular weight is 412 g/mol. The lowest BCUT2D eigenvalue weighted by molar-refractivity contribution is -0.145. The van der Waals surface area contributed by atoms with Gasteiger partial charge in [0, 0.05) is 12.5 Å². The molecule has 0 saturated heterocycles. The number of rotatable bonds is 8. The minimum atomic E-state index is -1.20. The average Bonchev–Trinajstić information content (AvgIpc) is 3.05. The van der Waals surface area contributed by atoms with Crippen LogP contribution in [-0.4, -0.2) is 65.4 Å². The number of carbonyl (C=O) groups is 3. The quantitative estimate of drug-likeness (QED) is 0.609. The molecule has 1 unspecified atom stereocenters. The Bertz CT molecular complexity index is 899. The van der Waals surface area contributed by atoms with E-state index >= 15 is 0 Å². The number of carboxylic acids is 1. The number of fused-ring (bicyclic) bond motifs is 3. The highest BCUT2D eigenvalue weighted by atomic mass is 16.5. The summed E-state index contributed by atoms with van der Waals surface area (Å²) in [7, 11) is 0. The molecule has 8 heteroatoms. The van der Waals surface area contributed by atoms with Gasteiger partial charge in [0.25, 0.3) is 0 Å². The topological polar surface area (TPSA) is 116 Å². The summed E-state index contributed by atoms with van der Waals surface area (Å²) in [6, 6.07) is 14.9. The second-order valence-electron chi connectivity index (χ2n) is 7.07. The number of alkyl carbamates (subject to hydrolysis) is 1. The number of benzene rings is 2. The summed E-state index contributed by atoms with van der Waals surface area (Å²) in [5, 5.41) is 20.4. The number of nitrogens with zero attached hydrogens (tertiary/aromatic N) is 1. The molecule has 158 valence electrons. The highest BCUT2D eigenvalue weighted by Gasteiger charge is 2.30. The molecule has 1 atom stereocenters. The predicted molar refractivity (Wildman–Crippen MR) is 109 cm³/mol. The number of hydrogen-bond donors (Lipinski definition) is 3. The van der Waals surface area contributed by atoms with Crippen molar-refractivity contribution in [1.82, 2.24) is 10.2 Å². The van der Waals surface area contributed by atoms with Crippen molar-refractivity contribution in [2.45, 2.75) is 18.9 Å². The summed E-state index contributed by atoms with van der Waals surface area (Å²) < 4.78 is 5.39. The third-order valence-electron chi connectivity index (χ3n) is 5.06. The molecule has 3 N–H and O–H groups in total. The third-order valence-corrected chi connectivity index (χ3v) is 5.06. The fourth-order valence-electron chi connectivity index (χ4n) is 3.70. The van der Waals surface area contributed by atoms with Gasteiger partial charge in [-0.05, 0) is 29.2 Å². The van der Waals surface area contributed by atoms with Crippen molar-refractivity contribution in [2.24, 2.45) is 0 Å². The molecule has 0 fully saturated rings. The van der Waals surface area contributed by atoms with E-state index in [0.717, 1.165) is 27.2 Å². The van der Waals surface area contributed by atoms with Gasteiger partial charge in [-0.1, -0.05) is 48.5 Å². The van der Waals surface area contributed by atoms with E-state index in [1.807, 2.05) is 48.5 Å². The zero-order chi connectivity index (χ0) is 21.7. The normalized spacial score (nSPS) is 13.1. The van der Waals surface area contributed by atoms with Crippen molar-refractivity contribution in [1.29, 1.82) is 0 Å². The highest BCUT2D eigenvalue weighted by Crippen LogP contribution is 2.44. The van der Waals surface area contributed by atoms with Crippen LogP contribution in [0.1, 0.15) is 24.0 Å². The molecule has 0 saturated carbocycles. The molecule has 30 heavy (non-hydrogen) atoms. The molecule has 0 radical (unpaired) electrons. The van der Waals surface area contributed by atoms with E-state index in [4.69, 9.17) is 14.9 Å². The van der Waals surface area contributed by atoms with Gasteiger partial charge in [-0.25, -0.2) is 4.79 Å². The van der Waals surface area contributed by atoms with Crippen molar-refractivity contribution in [2.75, 3.05) is 26.3 Å². The van der Waals surface area contributed by atoms with Gasteiger partial charge in [-0.2, -0.15) is 0 Å². The SMILES string of the molecule is CC(NC(=O)OCC1c2ccccc2-c2ccccc21)C(=O)N(CCO)CC(=O)O. The van der Waals surface area contributed by atoms with Crippen LogP contribution in [0.2, 0.25) is 0 Å². The number of aliphatic hydroxyl groups is 1. The first kappa shape index (κ1) is 21.3. The predicted octanol–water partition coefficient (Wildman–Crippen LogP) is 1.82. The van der Waals surface area contributed by atoms with Crippen LogP contribution in [0.15, 0.2) is 48.5 Å². The molecular weight excluding hydrogens is 388 g/mol. The van der Waals surface area contributed by atoms with Gasteiger partial charge >= 0.3 is 12.1 Å². The molecule has 1 aliphatic carbocycles. The second-order valence-corrected chi connectivity index (χ2v) is 7.07. The fourth-order valence-corrected chi connectivity index (χ4v) is 3.70. The molecule has 0 aromatic heterocycles. The minimum Gasteiger partial charge on any atom is -0.480 e. The molecule has 0 bridgehead atoms. The first-order chi connectivity index (χ1) is 14.4. The first-order valence-electron chi connectivity index (χ1n) is 9.65. The van der Waals surface area contributed by atoms with Gasteiger partial charge < -0.3 is 25.2 Å². The third kappa shape index (κ3) is 4.60.